The number of Topliss-reactive ketones (excluding diaryl/α,β-unsaturated/α-hetero) is 1. The second kappa shape index (κ2) is 15.2. The van der Waals surface area contributed by atoms with Crippen LogP contribution in [0.25, 0.3) is 0 Å². The monoisotopic (exact) mass is 440 g/mol. The molecule has 1 aliphatic rings. The number of hydrogen-bond acceptors (Lipinski definition) is 5. The van der Waals surface area contributed by atoms with E-state index in [1.807, 2.05) is 12.2 Å². The maximum atomic E-state index is 12.5. The summed E-state index contributed by atoms with van der Waals surface area (Å²) >= 11 is 6.13. The number of unbranched alkanes of at least 4 members (excludes halogenated alkanes) is 4. The van der Waals surface area contributed by atoms with Crippen molar-refractivity contribution in [1.82, 2.24) is 0 Å². The first-order valence-corrected chi connectivity index (χ1v) is 11.6. The number of esters is 2. The third kappa shape index (κ3) is 9.46. The molecule has 170 valence electrons. The summed E-state index contributed by atoms with van der Waals surface area (Å²) in [7, 11) is 1.27. The fraction of sp³-hybridized carbons (Fsp3) is 0.708. The summed E-state index contributed by atoms with van der Waals surface area (Å²) in [6.07, 6.45) is 15.5. The number of carbonyl (C=O) groups is 3. The standard InChI is InChI=1S/C24H37ClO5/c1-4-5-6-7-8-10-13-20-19(17-25)16-22(27)21(20)14-11-9-12-15-23(24(28)29-3)30-18(2)26/h9-11,13,19-21,23H,4-8,12,14-17H2,1-3H3/b11-9-,13-10+/t19-,20-,21+,23?/m0/s1. The number of rotatable bonds is 14. The van der Waals surface area contributed by atoms with E-state index in [-0.39, 0.29) is 23.5 Å². The lowest BCUT2D eigenvalue weighted by Crippen LogP contribution is -2.27. The lowest BCUT2D eigenvalue weighted by atomic mass is 9.87. The Kier molecular flexibility index (Phi) is 13.4. The van der Waals surface area contributed by atoms with Gasteiger partial charge in [0.1, 0.15) is 5.78 Å². The molecule has 0 aromatic heterocycles. The van der Waals surface area contributed by atoms with Gasteiger partial charge in [-0.05, 0) is 43.9 Å². The number of methoxy groups -OCH3 is 1. The number of alkyl halides is 1. The number of halogens is 1. The summed E-state index contributed by atoms with van der Waals surface area (Å²) in [5.41, 5.74) is 0. The van der Waals surface area contributed by atoms with Crippen molar-refractivity contribution in [3.8, 4) is 0 Å². The molecule has 0 heterocycles. The zero-order chi connectivity index (χ0) is 22.4. The lowest BCUT2D eigenvalue weighted by molar-refractivity contribution is -0.165. The van der Waals surface area contributed by atoms with E-state index >= 15 is 0 Å². The molecule has 0 spiro atoms. The third-order valence-electron chi connectivity index (χ3n) is 5.59. The van der Waals surface area contributed by atoms with Gasteiger partial charge in [0.15, 0.2) is 6.10 Å². The summed E-state index contributed by atoms with van der Waals surface area (Å²) in [6, 6.07) is 0. The fourth-order valence-electron chi connectivity index (χ4n) is 3.93. The van der Waals surface area contributed by atoms with Crippen LogP contribution in [-0.2, 0) is 23.9 Å². The van der Waals surface area contributed by atoms with Gasteiger partial charge in [-0.3, -0.25) is 9.59 Å². The molecule has 0 aromatic carbocycles. The Morgan fingerprint density at radius 3 is 2.57 bits per heavy atom. The zero-order valence-electron chi connectivity index (χ0n) is 18.6. The molecule has 1 fully saturated rings. The number of ketones is 1. The molecule has 0 saturated heterocycles. The van der Waals surface area contributed by atoms with Crippen LogP contribution in [0.1, 0.15) is 71.6 Å². The van der Waals surface area contributed by atoms with Crippen molar-refractivity contribution in [2.75, 3.05) is 13.0 Å². The van der Waals surface area contributed by atoms with Gasteiger partial charge in [0, 0.05) is 25.1 Å². The van der Waals surface area contributed by atoms with E-state index in [2.05, 4.69) is 23.8 Å². The van der Waals surface area contributed by atoms with Gasteiger partial charge in [0.2, 0.25) is 0 Å². The zero-order valence-corrected chi connectivity index (χ0v) is 19.4. The van der Waals surface area contributed by atoms with Crippen LogP contribution in [0.2, 0.25) is 0 Å². The quantitative estimate of drug-likeness (QED) is 0.156. The summed E-state index contributed by atoms with van der Waals surface area (Å²) in [5, 5.41) is 0. The minimum absolute atomic E-state index is 0.0400. The van der Waals surface area contributed by atoms with E-state index in [1.54, 1.807) is 0 Å². The summed E-state index contributed by atoms with van der Waals surface area (Å²) in [4.78, 5) is 35.3. The van der Waals surface area contributed by atoms with Crippen molar-refractivity contribution >= 4 is 29.3 Å². The molecule has 5 nitrogen and oxygen atoms in total. The molecular formula is C24H37ClO5. The van der Waals surface area contributed by atoms with Gasteiger partial charge < -0.3 is 9.47 Å². The van der Waals surface area contributed by atoms with Crippen molar-refractivity contribution in [1.29, 1.82) is 0 Å². The molecule has 1 unspecified atom stereocenters. The molecule has 6 heteroatoms. The Bertz CT molecular complexity index is 598. The molecule has 30 heavy (non-hydrogen) atoms. The Hall–Kier alpha value is -1.62. The van der Waals surface area contributed by atoms with E-state index in [9.17, 15) is 14.4 Å². The van der Waals surface area contributed by atoms with Crippen LogP contribution in [0.3, 0.4) is 0 Å². The van der Waals surface area contributed by atoms with Crippen LogP contribution in [-0.4, -0.2) is 36.8 Å². The van der Waals surface area contributed by atoms with Crippen LogP contribution in [0.15, 0.2) is 24.3 Å². The SMILES string of the molecule is CCCCCC/C=C/[C@H]1[C@H](CCl)CC(=O)[C@@H]1C/C=C\CCC(OC(C)=O)C(=O)OC. The highest BCUT2D eigenvalue weighted by Gasteiger charge is 2.39. The third-order valence-corrected chi connectivity index (χ3v) is 5.99. The van der Waals surface area contributed by atoms with Crippen molar-refractivity contribution in [2.45, 2.75) is 77.7 Å². The smallest absolute Gasteiger partial charge is 0.347 e. The molecule has 0 bridgehead atoms. The minimum Gasteiger partial charge on any atom is -0.466 e. The topological polar surface area (TPSA) is 69.7 Å². The van der Waals surface area contributed by atoms with E-state index in [0.29, 0.717) is 31.6 Å². The lowest BCUT2D eigenvalue weighted by Gasteiger charge is -2.18. The molecule has 0 radical (unpaired) electrons. The van der Waals surface area contributed by atoms with Crippen molar-refractivity contribution < 1.29 is 23.9 Å². The number of ether oxygens (including phenoxy) is 2. The van der Waals surface area contributed by atoms with Gasteiger partial charge in [0.05, 0.1) is 7.11 Å². The maximum Gasteiger partial charge on any atom is 0.347 e. The first-order valence-electron chi connectivity index (χ1n) is 11.1. The molecule has 0 amide bonds. The first kappa shape index (κ1) is 26.4. The Balaban J connectivity index is 2.56. The summed E-state index contributed by atoms with van der Waals surface area (Å²) in [6.45, 7) is 3.47. The Morgan fingerprint density at radius 2 is 1.93 bits per heavy atom. The minimum atomic E-state index is -0.894. The van der Waals surface area contributed by atoms with Gasteiger partial charge in [-0.1, -0.05) is 50.5 Å². The first-order chi connectivity index (χ1) is 14.4. The van der Waals surface area contributed by atoms with Crippen LogP contribution in [0.5, 0.6) is 0 Å². The highest BCUT2D eigenvalue weighted by atomic mass is 35.5. The normalized spacial score (nSPS) is 22.7. The molecule has 1 aliphatic carbocycles. The Labute approximate surface area is 186 Å². The average molecular weight is 441 g/mol. The number of carbonyl (C=O) groups excluding carboxylic acids is 3. The molecule has 4 atom stereocenters. The molecule has 0 aromatic rings. The van der Waals surface area contributed by atoms with Crippen LogP contribution >= 0.6 is 11.6 Å². The van der Waals surface area contributed by atoms with Gasteiger partial charge in [-0.25, -0.2) is 4.79 Å². The van der Waals surface area contributed by atoms with E-state index in [4.69, 9.17) is 16.3 Å². The highest BCUT2D eigenvalue weighted by molar-refractivity contribution is 6.18. The highest BCUT2D eigenvalue weighted by Crippen LogP contribution is 2.38. The van der Waals surface area contributed by atoms with Gasteiger partial charge >= 0.3 is 11.9 Å². The van der Waals surface area contributed by atoms with Crippen LogP contribution in [0.4, 0.5) is 0 Å². The van der Waals surface area contributed by atoms with Gasteiger partial charge in [-0.2, -0.15) is 0 Å². The molecule has 1 saturated carbocycles. The van der Waals surface area contributed by atoms with Crippen LogP contribution < -0.4 is 0 Å². The van der Waals surface area contributed by atoms with Crippen molar-refractivity contribution in [3.05, 3.63) is 24.3 Å². The predicted molar refractivity (Wildman–Crippen MR) is 119 cm³/mol. The fourth-order valence-corrected chi connectivity index (χ4v) is 4.25. The van der Waals surface area contributed by atoms with E-state index < -0.39 is 18.0 Å². The molecule has 0 N–H and O–H groups in total. The van der Waals surface area contributed by atoms with E-state index in [0.717, 1.165) is 6.42 Å². The van der Waals surface area contributed by atoms with Crippen LogP contribution in [0, 0.1) is 17.8 Å². The van der Waals surface area contributed by atoms with Gasteiger partial charge in [0.25, 0.3) is 0 Å². The average Bonchev–Trinajstić information content (AvgIpc) is 3.03. The van der Waals surface area contributed by atoms with Crippen molar-refractivity contribution in [2.24, 2.45) is 17.8 Å². The summed E-state index contributed by atoms with van der Waals surface area (Å²) < 4.78 is 9.67. The second-order valence-electron chi connectivity index (χ2n) is 7.95. The second-order valence-corrected chi connectivity index (χ2v) is 8.26. The maximum absolute atomic E-state index is 12.5. The molecule has 1 rings (SSSR count). The largest absolute Gasteiger partial charge is 0.466 e. The van der Waals surface area contributed by atoms with Crippen molar-refractivity contribution in [3.63, 3.8) is 0 Å². The summed E-state index contributed by atoms with van der Waals surface area (Å²) in [5.74, 6) is 0.0629. The van der Waals surface area contributed by atoms with E-state index in [1.165, 1.54) is 39.7 Å². The van der Waals surface area contributed by atoms with Gasteiger partial charge in [-0.15, -0.1) is 11.6 Å². The Morgan fingerprint density at radius 1 is 1.17 bits per heavy atom. The number of hydrogen-bond donors (Lipinski definition) is 0. The molecular weight excluding hydrogens is 404 g/mol. The number of allylic oxidation sites excluding steroid dienone is 4. The molecule has 0 aliphatic heterocycles. The predicted octanol–water partition coefficient (Wildman–Crippen LogP) is 5.40.